The molecule has 19 heavy (non-hydrogen) atoms. The Bertz CT molecular complexity index is 389. The molecule has 0 aliphatic rings. The van der Waals surface area contributed by atoms with Gasteiger partial charge in [0.25, 0.3) is 0 Å². The molecule has 0 radical (unpaired) electrons. The predicted octanol–water partition coefficient (Wildman–Crippen LogP) is 4.57. The van der Waals surface area contributed by atoms with Gasteiger partial charge in [-0.05, 0) is 69.2 Å². The van der Waals surface area contributed by atoms with Crippen molar-refractivity contribution in [3.8, 4) is 0 Å². The molecule has 1 nitrogen and oxygen atoms in total. The molecule has 1 atom stereocenters. The van der Waals surface area contributed by atoms with Crippen molar-refractivity contribution < 1.29 is 0 Å². The van der Waals surface area contributed by atoms with E-state index in [1.165, 1.54) is 36.0 Å². The van der Waals surface area contributed by atoms with Gasteiger partial charge < -0.3 is 5.32 Å². The van der Waals surface area contributed by atoms with E-state index in [0.29, 0.717) is 11.5 Å². The van der Waals surface area contributed by atoms with Crippen molar-refractivity contribution in [2.45, 2.75) is 66.8 Å². The van der Waals surface area contributed by atoms with Crippen molar-refractivity contribution in [3.63, 3.8) is 0 Å². The molecule has 0 bridgehead atoms. The molecular weight excluding hydrogens is 230 g/mol. The topological polar surface area (TPSA) is 12.0 Å². The average molecular weight is 261 g/mol. The third kappa shape index (κ3) is 4.65. The molecule has 0 amide bonds. The quantitative estimate of drug-likeness (QED) is 0.819. The molecular formula is C18H31N. The third-order valence-corrected chi connectivity index (χ3v) is 4.15. The van der Waals surface area contributed by atoms with Gasteiger partial charge >= 0.3 is 0 Å². The Labute approximate surface area is 119 Å². The van der Waals surface area contributed by atoms with Crippen LogP contribution in [0.4, 0.5) is 0 Å². The van der Waals surface area contributed by atoms with Gasteiger partial charge in [0, 0.05) is 6.04 Å². The summed E-state index contributed by atoms with van der Waals surface area (Å²) in [6, 6.07) is 5.21. The molecule has 108 valence electrons. The number of aryl methyl sites for hydroxylation is 3. The minimum atomic E-state index is 0.339. The van der Waals surface area contributed by atoms with Crippen LogP contribution in [0.3, 0.4) is 0 Å². The Hall–Kier alpha value is -0.820. The van der Waals surface area contributed by atoms with Crippen molar-refractivity contribution in [2.24, 2.45) is 5.41 Å². The smallest absolute Gasteiger partial charge is 0.0113 e. The van der Waals surface area contributed by atoms with Crippen LogP contribution >= 0.6 is 0 Å². The van der Waals surface area contributed by atoms with Crippen LogP contribution in [0.5, 0.6) is 0 Å². The van der Waals surface area contributed by atoms with Crippen LogP contribution in [-0.4, -0.2) is 13.1 Å². The molecule has 0 heterocycles. The molecule has 1 unspecified atom stereocenters. The van der Waals surface area contributed by atoms with E-state index in [0.717, 1.165) is 0 Å². The summed E-state index contributed by atoms with van der Waals surface area (Å²) in [7, 11) is 2.08. The summed E-state index contributed by atoms with van der Waals surface area (Å²) in [6.45, 7) is 13.6. The summed E-state index contributed by atoms with van der Waals surface area (Å²) in [6.07, 6.45) is 3.70. The van der Waals surface area contributed by atoms with Crippen LogP contribution in [-0.2, 0) is 6.42 Å². The fourth-order valence-electron chi connectivity index (χ4n) is 3.10. The maximum absolute atomic E-state index is 3.47. The highest BCUT2D eigenvalue weighted by atomic mass is 14.9. The van der Waals surface area contributed by atoms with E-state index >= 15 is 0 Å². The highest BCUT2D eigenvalue weighted by molar-refractivity contribution is 5.37. The molecule has 0 saturated carbocycles. The Morgan fingerprint density at radius 1 is 1.05 bits per heavy atom. The second-order valence-electron chi connectivity index (χ2n) is 6.98. The largest absolute Gasteiger partial charge is 0.316 e. The van der Waals surface area contributed by atoms with Crippen LogP contribution in [0.25, 0.3) is 0 Å². The maximum atomic E-state index is 3.47. The van der Waals surface area contributed by atoms with E-state index in [9.17, 15) is 0 Å². The maximum Gasteiger partial charge on any atom is 0.0113 e. The lowest BCUT2D eigenvalue weighted by Crippen LogP contribution is -2.37. The Morgan fingerprint density at radius 3 is 2.00 bits per heavy atom. The van der Waals surface area contributed by atoms with Crippen molar-refractivity contribution >= 4 is 0 Å². The fourth-order valence-corrected chi connectivity index (χ4v) is 3.10. The van der Waals surface area contributed by atoms with E-state index in [2.05, 4.69) is 66.0 Å². The molecule has 0 spiro atoms. The minimum Gasteiger partial charge on any atom is -0.316 e. The Balaban J connectivity index is 2.63. The molecule has 1 heteroatoms. The highest BCUT2D eigenvalue weighted by Gasteiger charge is 2.22. The first kappa shape index (κ1) is 16.2. The van der Waals surface area contributed by atoms with Crippen LogP contribution in [0.1, 0.15) is 55.9 Å². The molecule has 0 aliphatic carbocycles. The summed E-state index contributed by atoms with van der Waals surface area (Å²) >= 11 is 0. The minimum absolute atomic E-state index is 0.339. The second-order valence-corrected chi connectivity index (χ2v) is 6.98. The number of rotatable bonds is 5. The van der Waals surface area contributed by atoms with Crippen LogP contribution in [0, 0.1) is 26.2 Å². The molecule has 0 aliphatic heterocycles. The van der Waals surface area contributed by atoms with Crippen molar-refractivity contribution in [1.29, 1.82) is 0 Å². The molecule has 1 aromatic carbocycles. The highest BCUT2D eigenvalue weighted by Crippen LogP contribution is 2.24. The van der Waals surface area contributed by atoms with Gasteiger partial charge in [0.05, 0.1) is 0 Å². The number of nitrogens with one attached hydrogen (secondary N) is 1. The molecule has 1 aromatic rings. The van der Waals surface area contributed by atoms with Crippen molar-refractivity contribution in [3.05, 3.63) is 34.4 Å². The van der Waals surface area contributed by atoms with Crippen LogP contribution in [0.15, 0.2) is 12.1 Å². The van der Waals surface area contributed by atoms with Crippen molar-refractivity contribution in [1.82, 2.24) is 5.32 Å². The average Bonchev–Trinajstić information content (AvgIpc) is 2.25. The summed E-state index contributed by atoms with van der Waals surface area (Å²) < 4.78 is 0. The van der Waals surface area contributed by atoms with Crippen LogP contribution in [0.2, 0.25) is 0 Å². The molecule has 1 rings (SSSR count). The monoisotopic (exact) mass is 261 g/mol. The Kier molecular flexibility index (Phi) is 5.61. The van der Waals surface area contributed by atoms with Crippen molar-refractivity contribution in [2.75, 3.05) is 7.05 Å². The van der Waals surface area contributed by atoms with E-state index in [-0.39, 0.29) is 0 Å². The standard InChI is InChI=1S/C18H31N/c1-13-11-14(2)16(15(3)12-13)9-8-10-17(19-7)18(4,5)6/h11-12,17,19H,8-10H2,1-7H3. The van der Waals surface area contributed by atoms with Gasteiger partial charge in [-0.25, -0.2) is 0 Å². The summed E-state index contributed by atoms with van der Waals surface area (Å²) in [5.41, 5.74) is 6.17. The van der Waals surface area contributed by atoms with E-state index in [1.807, 2.05) is 0 Å². The lowest BCUT2D eigenvalue weighted by molar-refractivity contribution is 0.263. The number of hydrogen-bond acceptors (Lipinski definition) is 1. The first-order chi connectivity index (χ1) is 8.75. The predicted molar refractivity (Wildman–Crippen MR) is 85.9 cm³/mol. The Morgan fingerprint density at radius 2 is 1.58 bits per heavy atom. The first-order valence-electron chi connectivity index (χ1n) is 7.49. The lowest BCUT2D eigenvalue weighted by Gasteiger charge is -2.30. The van der Waals surface area contributed by atoms with Gasteiger partial charge in [0.1, 0.15) is 0 Å². The van der Waals surface area contributed by atoms with Gasteiger partial charge in [-0.2, -0.15) is 0 Å². The van der Waals surface area contributed by atoms with Gasteiger partial charge in [-0.3, -0.25) is 0 Å². The lowest BCUT2D eigenvalue weighted by atomic mass is 9.83. The third-order valence-electron chi connectivity index (χ3n) is 4.15. The van der Waals surface area contributed by atoms with Gasteiger partial charge in [0.15, 0.2) is 0 Å². The van der Waals surface area contributed by atoms with E-state index in [4.69, 9.17) is 0 Å². The number of hydrogen-bond donors (Lipinski definition) is 1. The zero-order chi connectivity index (χ0) is 14.6. The zero-order valence-corrected chi connectivity index (χ0v) is 13.9. The molecule has 0 saturated heterocycles. The van der Waals surface area contributed by atoms with Gasteiger partial charge in [-0.1, -0.05) is 38.5 Å². The summed E-state index contributed by atoms with van der Waals surface area (Å²) in [4.78, 5) is 0. The summed E-state index contributed by atoms with van der Waals surface area (Å²) in [5.74, 6) is 0. The molecule has 0 aromatic heterocycles. The van der Waals surface area contributed by atoms with E-state index < -0.39 is 0 Å². The van der Waals surface area contributed by atoms with E-state index in [1.54, 1.807) is 5.56 Å². The first-order valence-corrected chi connectivity index (χ1v) is 7.49. The summed E-state index contributed by atoms with van der Waals surface area (Å²) in [5, 5.41) is 3.47. The second kappa shape index (κ2) is 6.56. The van der Waals surface area contributed by atoms with Gasteiger partial charge in [-0.15, -0.1) is 0 Å². The van der Waals surface area contributed by atoms with Gasteiger partial charge in [0.2, 0.25) is 0 Å². The molecule has 1 N–H and O–H groups in total. The number of benzene rings is 1. The zero-order valence-electron chi connectivity index (χ0n) is 13.9. The van der Waals surface area contributed by atoms with Crippen LogP contribution < -0.4 is 5.32 Å². The SMILES string of the molecule is CNC(CCCc1c(C)cc(C)cc1C)C(C)(C)C. The fraction of sp³-hybridized carbons (Fsp3) is 0.667. The normalized spacial score (nSPS) is 13.6. The molecule has 0 fully saturated rings.